The van der Waals surface area contributed by atoms with Crippen LogP contribution in [0.5, 0.6) is 5.75 Å². The number of nitrogens with one attached hydrogen (secondary N) is 1. The molecule has 0 saturated carbocycles. The number of benzene rings is 1. The molecule has 2 aliphatic rings. The van der Waals surface area contributed by atoms with Gasteiger partial charge < -0.3 is 15.0 Å². The third kappa shape index (κ3) is 3.82. The minimum atomic E-state index is -1.08. The van der Waals surface area contributed by atoms with E-state index in [4.69, 9.17) is 0 Å². The molecule has 1 unspecified atom stereocenters. The summed E-state index contributed by atoms with van der Waals surface area (Å²) in [5.74, 6) is 0.512. The van der Waals surface area contributed by atoms with Crippen molar-refractivity contribution >= 4 is 5.57 Å². The Kier molecular flexibility index (Phi) is 5.08. The molecule has 2 saturated heterocycles. The SMILES string of the molecule is C=C(c1ncc(-c2ccc(-n3ccnc3)cc2O)nn1)[C@H]1C[C@]2(C)CC(C)C[C@@](C)(N2)[C@@H]1F. The number of phenols is 1. The standard InChI is InChI=1S/C25H29FN6O/c1-15-10-24(3)12-19(22(26)25(4,11-15)31-24)16(2)23-28-13-20(29-30-23)18-6-5-17(9-21(18)33)32-8-7-27-14-32/h5-9,13-15,19,22,31,33H,2,10-12H2,1,3-4H3/t15?,19-,22-,24+,25-/m1/s1. The number of rotatable bonds is 4. The van der Waals surface area contributed by atoms with Crippen molar-refractivity contribution in [2.24, 2.45) is 11.8 Å². The molecule has 0 amide bonds. The summed E-state index contributed by atoms with van der Waals surface area (Å²) >= 11 is 0. The molecule has 1 aromatic carbocycles. The zero-order chi connectivity index (χ0) is 23.4. The molecule has 2 bridgehead atoms. The highest BCUT2D eigenvalue weighted by molar-refractivity contribution is 5.68. The van der Waals surface area contributed by atoms with Crippen molar-refractivity contribution in [3.05, 3.63) is 55.5 Å². The predicted molar refractivity (Wildman–Crippen MR) is 124 cm³/mol. The lowest BCUT2D eigenvalue weighted by atomic mass is 9.61. The van der Waals surface area contributed by atoms with Crippen LogP contribution in [0.25, 0.3) is 22.5 Å². The van der Waals surface area contributed by atoms with Crippen molar-refractivity contribution in [1.29, 1.82) is 0 Å². The van der Waals surface area contributed by atoms with E-state index in [0.29, 0.717) is 35.0 Å². The van der Waals surface area contributed by atoms with Gasteiger partial charge in [0.2, 0.25) is 0 Å². The molecule has 0 spiro atoms. The molecule has 33 heavy (non-hydrogen) atoms. The summed E-state index contributed by atoms with van der Waals surface area (Å²) in [5.41, 5.74) is 1.58. The lowest BCUT2D eigenvalue weighted by Crippen LogP contribution is -2.70. The number of alkyl halides is 1. The van der Waals surface area contributed by atoms with Crippen molar-refractivity contribution in [2.45, 2.75) is 57.3 Å². The van der Waals surface area contributed by atoms with Gasteiger partial charge >= 0.3 is 0 Å². The van der Waals surface area contributed by atoms with Gasteiger partial charge in [0.25, 0.3) is 0 Å². The Bertz CT molecular complexity index is 1180. The monoisotopic (exact) mass is 448 g/mol. The molecule has 2 fully saturated rings. The normalized spacial score (nSPS) is 31.3. The second-order valence-electron chi connectivity index (χ2n) is 10.2. The van der Waals surface area contributed by atoms with Gasteiger partial charge in [0.15, 0.2) is 5.82 Å². The van der Waals surface area contributed by atoms with Gasteiger partial charge in [-0.15, -0.1) is 10.2 Å². The zero-order valence-electron chi connectivity index (χ0n) is 19.2. The number of aromatic hydroxyl groups is 1. The van der Waals surface area contributed by atoms with E-state index >= 15 is 4.39 Å². The van der Waals surface area contributed by atoms with Gasteiger partial charge in [-0.25, -0.2) is 14.4 Å². The van der Waals surface area contributed by atoms with E-state index in [-0.39, 0.29) is 17.2 Å². The number of nitrogens with zero attached hydrogens (tertiary/aromatic N) is 5. The molecule has 5 rings (SSSR count). The van der Waals surface area contributed by atoms with Crippen LogP contribution in [0.4, 0.5) is 4.39 Å². The quantitative estimate of drug-likeness (QED) is 0.617. The van der Waals surface area contributed by atoms with Crippen molar-refractivity contribution in [1.82, 2.24) is 30.0 Å². The summed E-state index contributed by atoms with van der Waals surface area (Å²) in [5, 5.41) is 22.6. The van der Waals surface area contributed by atoms with Crippen LogP contribution in [0.15, 0.2) is 49.7 Å². The van der Waals surface area contributed by atoms with E-state index in [1.165, 1.54) is 0 Å². The third-order valence-electron chi connectivity index (χ3n) is 7.15. The van der Waals surface area contributed by atoms with Crippen molar-refractivity contribution < 1.29 is 9.50 Å². The Labute approximate surface area is 192 Å². The fourth-order valence-electron chi connectivity index (χ4n) is 6.03. The van der Waals surface area contributed by atoms with Crippen LogP contribution in [-0.4, -0.2) is 47.1 Å². The maximum atomic E-state index is 15.7. The van der Waals surface area contributed by atoms with Crippen LogP contribution in [0.1, 0.15) is 45.9 Å². The van der Waals surface area contributed by atoms with E-state index in [1.54, 1.807) is 41.6 Å². The molecule has 8 heteroatoms. The molecule has 5 atom stereocenters. The van der Waals surface area contributed by atoms with Crippen LogP contribution < -0.4 is 5.32 Å². The number of hydrogen-bond acceptors (Lipinski definition) is 6. The summed E-state index contributed by atoms with van der Waals surface area (Å²) in [6.07, 6.45) is 8.05. The number of piperidine rings is 2. The molecule has 2 aliphatic heterocycles. The van der Waals surface area contributed by atoms with Crippen LogP contribution in [-0.2, 0) is 0 Å². The van der Waals surface area contributed by atoms with Crippen molar-refractivity contribution in [2.75, 3.05) is 0 Å². The number of phenolic OH excluding ortho intramolecular Hbond substituents is 1. The number of allylic oxidation sites excluding steroid dienone is 1. The minimum absolute atomic E-state index is 0.0637. The number of hydrogen-bond donors (Lipinski definition) is 2. The third-order valence-corrected chi connectivity index (χ3v) is 7.15. The van der Waals surface area contributed by atoms with E-state index in [2.05, 4.69) is 45.9 Å². The van der Waals surface area contributed by atoms with Crippen molar-refractivity contribution in [3.8, 4) is 22.7 Å². The molecule has 7 nitrogen and oxygen atoms in total. The Morgan fingerprint density at radius 2 is 2.06 bits per heavy atom. The van der Waals surface area contributed by atoms with E-state index in [0.717, 1.165) is 18.5 Å². The lowest BCUT2D eigenvalue weighted by molar-refractivity contribution is -0.0252. The average Bonchev–Trinajstić information content (AvgIpc) is 3.30. The Morgan fingerprint density at radius 3 is 2.73 bits per heavy atom. The molecular formula is C25H29FN6O. The largest absolute Gasteiger partial charge is 0.507 e. The van der Waals surface area contributed by atoms with Gasteiger partial charge in [0.05, 0.1) is 18.2 Å². The molecule has 0 radical (unpaired) electrons. The van der Waals surface area contributed by atoms with Gasteiger partial charge in [0, 0.05) is 41.0 Å². The molecule has 172 valence electrons. The Morgan fingerprint density at radius 1 is 1.24 bits per heavy atom. The molecule has 4 heterocycles. The molecule has 2 N–H and O–H groups in total. The number of halogens is 1. The lowest BCUT2D eigenvalue weighted by Gasteiger charge is -2.57. The van der Waals surface area contributed by atoms with Gasteiger partial charge in [-0.1, -0.05) is 13.5 Å². The number of aromatic nitrogens is 5. The summed E-state index contributed by atoms with van der Waals surface area (Å²) in [6.45, 7) is 10.5. The van der Waals surface area contributed by atoms with Gasteiger partial charge in [-0.2, -0.15) is 0 Å². The van der Waals surface area contributed by atoms with Crippen LogP contribution in [0.3, 0.4) is 0 Å². The Balaban J connectivity index is 1.38. The maximum Gasteiger partial charge on any atom is 0.177 e. The summed E-state index contributed by atoms with van der Waals surface area (Å²) in [7, 11) is 0. The van der Waals surface area contributed by atoms with E-state index < -0.39 is 11.7 Å². The van der Waals surface area contributed by atoms with Crippen LogP contribution in [0.2, 0.25) is 0 Å². The van der Waals surface area contributed by atoms with Gasteiger partial charge in [0.1, 0.15) is 17.6 Å². The highest BCUT2D eigenvalue weighted by Crippen LogP contribution is 2.49. The smallest absolute Gasteiger partial charge is 0.177 e. The molecule has 2 aromatic heterocycles. The van der Waals surface area contributed by atoms with Gasteiger partial charge in [-0.3, -0.25) is 0 Å². The molecule has 3 aromatic rings. The first-order valence-corrected chi connectivity index (χ1v) is 11.3. The average molecular weight is 449 g/mol. The highest BCUT2D eigenvalue weighted by atomic mass is 19.1. The first kappa shape index (κ1) is 21.7. The predicted octanol–water partition coefficient (Wildman–Crippen LogP) is 4.34. The van der Waals surface area contributed by atoms with Crippen LogP contribution >= 0.6 is 0 Å². The van der Waals surface area contributed by atoms with E-state index in [9.17, 15) is 5.11 Å². The number of imidazole rings is 1. The highest BCUT2D eigenvalue weighted by Gasteiger charge is 2.55. The first-order valence-electron chi connectivity index (χ1n) is 11.3. The summed E-state index contributed by atoms with van der Waals surface area (Å²) < 4.78 is 17.5. The minimum Gasteiger partial charge on any atom is -0.507 e. The summed E-state index contributed by atoms with van der Waals surface area (Å²) in [6, 6.07) is 5.25. The van der Waals surface area contributed by atoms with Gasteiger partial charge in [-0.05, 0) is 56.7 Å². The topological polar surface area (TPSA) is 88.8 Å². The summed E-state index contributed by atoms with van der Waals surface area (Å²) in [4.78, 5) is 8.47. The first-order chi connectivity index (χ1) is 15.7. The zero-order valence-corrected chi connectivity index (χ0v) is 19.2. The fourth-order valence-corrected chi connectivity index (χ4v) is 6.03. The number of fused-ring (bicyclic) bond motifs is 2. The second-order valence-corrected chi connectivity index (χ2v) is 10.2. The van der Waals surface area contributed by atoms with E-state index in [1.807, 2.05) is 13.0 Å². The fraction of sp³-hybridized carbons (Fsp3) is 0.440. The molecular weight excluding hydrogens is 419 g/mol. The van der Waals surface area contributed by atoms with Crippen molar-refractivity contribution in [3.63, 3.8) is 0 Å². The Hall–Kier alpha value is -3.13. The maximum absolute atomic E-state index is 15.7. The molecule has 0 aliphatic carbocycles. The van der Waals surface area contributed by atoms with Crippen LogP contribution in [0, 0.1) is 11.8 Å². The second kappa shape index (κ2) is 7.73.